The number of piperidine rings is 1. The topological polar surface area (TPSA) is 15.3 Å². The van der Waals surface area contributed by atoms with Gasteiger partial charge in [-0.2, -0.15) is 0 Å². The molecular formula is C15H23ClN2. The second-order valence-electron chi connectivity index (χ2n) is 5.35. The van der Waals surface area contributed by atoms with Crippen molar-refractivity contribution in [3.05, 3.63) is 28.8 Å². The van der Waals surface area contributed by atoms with Crippen molar-refractivity contribution in [1.82, 2.24) is 5.32 Å². The van der Waals surface area contributed by atoms with Gasteiger partial charge in [0.05, 0.1) is 0 Å². The molecule has 1 heterocycles. The van der Waals surface area contributed by atoms with Gasteiger partial charge in [-0.3, -0.25) is 0 Å². The van der Waals surface area contributed by atoms with Crippen LogP contribution in [0.15, 0.2) is 18.2 Å². The summed E-state index contributed by atoms with van der Waals surface area (Å²) in [5.74, 6) is 0.834. The predicted molar refractivity (Wildman–Crippen MR) is 79.7 cm³/mol. The van der Waals surface area contributed by atoms with Crippen molar-refractivity contribution in [2.75, 3.05) is 31.6 Å². The van der Waals surface area contributed by atoms with Crippen molar-refractivity contribution in [3.8, 4) is 0 Å². The number of hydrogen-bond acceptors (Lipinski definition) is 2. The molecule has 0 radical (unpaired) electrons. The molecule has 0 aromatic heterocycles. The van der Waals surface area contributed by atoms with Gasteiger partial charge in [-0.25, -0.2) is 0 Å². The fourth-order valence-electron chi connectivity index (χ4n) is 2.66. The Morgan fingerprint density at radius 1 is 1.44 bits per heavy atom. The molecular weight excluding hydrogens is 244 g/mol. The molecule has 0 bridgehead atoms. The molecule has 18 heavy (non-hydrogen) atoms. The minimum atomic E-state index is 0.821. The Kier molecular flexibility index (Phi) is 4.90. The van der Waals surface area contributed by atoms with Gasteiger partial charge in [0.15, 0.2) is 0 Å². The Labute approximate surface area is 115 Å². The first-order chi connectivity index (χ1) is 8.66. The average Bonchev–Trinajstić information content (AvgIpc) is 2.40. The molecule has 1 N–H and O–H groups in total. The maximum atomic E-state index is 6.07. The van der Waals surface area contributed by atoms with Crippen molar-refractivity contribution < 1.29 is 0 Å². The van der Waals surface area contributed by atoms with Gasteiger partial charge in [-0.15, -0.1) is 0 Å². The van der Waals surface area contributed by atoms with Crippen LogP contribution in [-0.4, -0.2) is 26.7 Å². The highest BCUT2D eigenvalue weighted by atomic mass is 35.5. The molecule has 1 aromatic carbocycles. The summed E-state index contributed by atoms with van der Waals surface area (Å²) in [6.45, 7) is 5.62. The molecule has 1 aliphatic rings. The Morgan fingerprint density at radius 3 is 3.00 bits per heavy atom. The van der Waals surface area contributed by atoms with Crippen molar-refractivity contribution >= 4 is 17.3 Å². The largest absolute Gasteiger partial charge is 0.374 e. The van der Waals surface area contributed by atoms with Crippen molar-refractivity contribution in [2.45, 2.75) is 26.2 Å². The number of nitrogens with zero attached hydrogens (tertiary/aromatic N) is 1. The molecule has 2 rings (SSSR count). The van der Waals surface area contributed by atoms with Crippen LogP contribution in [0.1, 0.15) is 24.8 Å². The molecule has 2 nitrogen and oxygen atoms in total. The van der Waals surface area contributed by atoms with Gasteiger partial charge in [0.1, 0.15) is 0 Å². The van der Waals surface area contributed by atoms with Crippen molar-refractivity contribution in [2.24, 2.45) is 5.92 Å². The van der Waals surface area contributed by atoms with Crippen LogP contribution in [0.2, 0.25) is 5.02 Å². The second-order valence-corrected chi connectivity index (χ2v) is 5.79. The van der Waals surface area contributed by atoms with Crippen LogP contribution in [0, 0.1) is 12.8 Å². The lowest BCUT2D eigenvalue weighted by Crippen LogP contribution is -2.32. The maximum Gasteiger partial charge on any atom is 0.0426 e. The smallest absolute Gasteiger partial charge is 0.0426 e. The minimum absolute atomic E-state index is 0.821. The molecule has 3 heteroatoms. The van der Waals surface area contributed by atoms with E-state index in [1.807, 2.05) is 6.07 Å². The summed E-state index contributed by atoms with van der Waals surface area (Å²) in [5, 5.41) is 4.30. The number of aryl methyl sites for hydroxylation is 1. The monoisotopic (exact) mass is 266 g/mol. The standard InChI is InChI=1S/C15H23ClN2/c1-12-5-6-14(16)10-15(12)18(2)9-7-13-4-3-8-17-11-13/h5-6,10,13,17H,3-4,7-9,11H2,1-2H3. The summed E-state index contributed by atoms with van der Waals surface area (Å²) in [6.07, 6.45) is 3.95. The first kappa shape index (κ1) is 13.7. The van der Waals surface area contributed by atoms with Gasteiger partial charge in [0.2, 0.25) is 0 Å². The molecule has 0 spiro atoms. The van der Waals surface area contributed by atoms with Gasteiger partial charge in [0.25, 0.3) is 0 Å². The van der Waals surface area contributed by atoms with Crippen LogP contribution < -0.4 is 10.2 Å². The van der Waals surface area contributed by atoms with Crippen LogP contribution in [-0.2, 0) is 0 Å². The number of hydrogen-bond donors (Lipinski definition) is 1. The summed E-state index contributed by atoms with van der Waals surface area (Å²) in [6, 6.07) is 6.12. The average molecular weight is 267 g/mol. The fourth-order valence-corrected chi connectivity index (χ4v) is 2.83. The Hall–Kier alpha value is -0.730. The summed E-state index contributed by atoms with van der Waals surface area (Å²) in [5.41, 5.74) is 2.55. The third-order valence-corrected chi connectivity index (χ3v) is 4.09. The second kappa shape index (κ2) is 6.44. The molecule has 1 aliphatic heterocycles. The first-order valence-electron chi connectivity index (χ1n) is 6.85. The maximum absolute atomic E-state index is 6.07. The molecule has 100 valence electrons. The molecule has 1 aromatic rings. The van der Waals surface area contributed by atoms with Gasteiger partial charge in [-0.05, 0) is 62.9 Å². The number of halogens is 1. The Bertz CT molecular complexity index is 386. The highest BCUT2D eigenvalue weighted by Gasteiger charge is 2.14. The summed E-state index contributed by atoms with van der Waals surface area (Å²) >= 11 is 6.07. The third kappa shape index (κ3) is 3.63. The zero-order chi connectivity index (χ0) is 13.0. The van der Waals surface area contributed by atoms with E-state index in [1.165, 1.54) is 43.6 Å². The molecule has 1 saturated heterocycles. The van der Waals surface area contributed by atoms with E-state index in [4.69, 9.17) is 11.6 Å². The highest BCUT2D eigenvalue weighted by Crippen LogP contribution is 2.24. The number of nitrogens with one attached hydrogen (secondary N) is 1. The number of rotatable bonds is 4. The molecule has 0 saturated carbocycles. The SMILES string of the molecule is Cc1ccc(Cl)cc1N(C)CCC1CCCNC1. The van der Waals surface area contributed by atoms with Crippen LogP contribution in [0.3, 0.4) is 0 Å². The van der Waals surface area contributed by atoms with Crippen LogP contribution in [0.4, 0.5) is 5.69 Å². The summed E-state index contributed by atoms with van der Waals surface area (Å²) < 4.78 is 0. The molecule has 1 atom stereocenters. The third-order valence-electron chi connectivity index (χ3n) is 3.85. The van der Waals surface area contributed by atoms with E-state index in [2.05, 4.69) is 36.3 Å². The molecule has 0 aliphatic carbocycles. The van der Waals surface area contributed by atoms with E-state index in [0.717, 1.165) is 17.5 Å². The van der Waals surface area contributed by atoms with E-state index in [9.17, 15) is 0 Å². The van der Waals surface area contributed by atoms with Crippen LogP contribution >= 0.6 is 11.6 Å². The lowest BCUT2D eigenvalue weighted by Gasteiger charge is -2.27. The van der Waals surface area contributed by atoms with E-state index in [1.54, 1.807) is 0 Å². The fraction of sp³-hybridized carbons (Fsp3) is 0.600. The van der Waals surface area contributed by atoms with Crippen molar-refractivity contribution in [1.29, 1.82) is 0 Å². The van der Waals surface area contributed by atoms with E-state index < -0.39 is 0 Å². The zero-order valence-electron chi connectivity index (χ0n) is 11.4. The highest BCUT2D eigenvalue weighted by molar-refractivity contribution is 6.30. The quantitative estimate of drug-likeness (QED) is 0.898. The van der Waals surface area contributed by atoms with Crippen LogP contribution in [0.5, 0.6) is 0 Å². The number of benzene rings is 1. The Balaban J connectivity index is 1.90. The first-order valence-corrected chi connectivity index (χ1v) is 7.22. The van der Waals surface area contributed by atoms with Gasteiger partial charge < -0.3 is 10.2 Å². The lowest BCUT2D eigenvalue weighted by molar-refractivity contribution is 0.360. The lowest BCUT2D eigenvalue weighted by atomic mass is 9.96. The van der Waals surface area contributed by atoms with Crippen molar-refractivity contribution in [3.63, 3.8) is 0 Å². The van der Waals surface area contributed by atoms with E-state index in [-0.39, 0.29) is 0 Å². The van der Waals surface area contributed by atoms with Crippen LogP contribution in [0.25, 0.3) is 0 Å². The van der Waals surface area contributed by atoms with Gasteiger partial charge in [-0.1, -0.05) is 17.7 Å². The number of anilines is 1. The summed E-state index contributed by atoms with van der Waals surface area (Å²) in [7, 11) is 2.16. The predicted octanol–water partition coefficient (Wildman–Crippen LogP) is 3.47. The van der Waals surface area contributed by atoms with E-state index >= 15 is 0 Å². The molecule has 0 amide bonds. The summed E-state index contributed by atoms with van der Waals surface area (Å²) in [4.78, 5) is 2.33. The Morgan fingerprint density at radius 2 is 2.28 bits per heavy atom. The van der Waals surface area contributed by atoms with Gasteiger partial charge >= 0.3 is 0 Å². The minimum Gasteiger partial charge on any atom is -0.374 e. The molecule has 1 fully saturated rings. The zero-order valence-corrected chi connectivity index (χ0v) is 12.1. The van der Waals surface area contributed by atoms with E-state index in [0.29, 0.717) is 0 Å². The van der Waals surface area contributed by atoms with Gasteiger partial charge in [0, 0.05) is 24.3 Å². The normalized spacial score (nSPS) is 19.8. The molecule has 1 unspecified atom stereocenters.